The highest BCUT2D eigenvalue weighted by Crippen LogP contribution is 2.45. The number of fused-ring (bicyclic) bond motifs is 6. The fourth-order valence-electron chi connectivity index (χ4n) is 7.69. The zero-order valence-corrected chi connectivity index (χ0v) is 26.7. The molecule has 11 rings (SSSR count). The topological polar surface area (TPSA) is 52.1 Å². The predicted octanol–water partition coefficient (Wildman–Crippen LogP) is 12.7. The molecule has 0 amide bonds. The normalized spacial score (nSPS) is 12.0. The molecule has 0 atom stereocenters. The Kier molecular flexibility index (Phi) is 5.63. The van der Waals surface area contributed by atoms with Gasteiger partial charge in [0.1, 0.15) is 28.0 Å². The molecule has 50 heavy (non-hydrogen) atoms. The quantitative estimate of drug-likeness (QED) is 0.180. The molecule has 4 nitrogen and oxygen atoms in total. The van der Waals surface area contributed by atoms with Crippen LogP contribution in [0.5, 0.6) is 0 Å². The van der Waals surface area contributed by atoms with E-state index in [0.29, 0.717) is 11.4 Å². The monoisotopic (exact) mass is 638 g/mol. The molecule has 232 valence electrons. The third-order valence-corrected chi connectivity index (χ3v) is 10.0. The second-order valence-corrected chi connectivity index (χ2v) is 12.9. The molecule has 4 heteroatoms. The molecule has 0 spiro atoms. The summed E-state index contributed by atoms with van der Waals surface area (Å²) in [5.74, 6) is 0.677. The highest BCUT2D eigenvalue weighted by molar-refractivity contribution is 6.33. The largest absolute Gasteiger partial charge is 0.456 e. The number of hydrogen-bond acceptors (Lipinski definition) is 4. The van der Waals surface area contributed by atoms with Crippen LogP contribution in [0.3, 0.4) is 0 Å². The van der Waals surface area contributed by atoms with E-state index in [-0.39, 0.29) is 0 Å². The molecule has 0 fully saturated rings. The van der Waals surface area contributed by atoms with Gasteiger partial charge in [0.2, 0.25) is 0 Å². The van der Waals surface area contributed by atoms with Crippen molar-refractivity contribution in [2.75, 3.05) is 0 Å². The maximum Gasteiger partial charge on any atom is 0.180 e. The Balaban J connectivity index is 1.12. The molecule has 3 heterocycles. The van der Waals surface area contributed by atoms with E-state index in [9.17, 15) is 0 Å². The number of nitrogens with zero attached hydrogens (tertiary/aromatic N) is 2. The lowest BCUT2D eigenvalue weighted by atomic mass is 9.90. The van der Waals surface area contributed by atoms with Gasteiger partial charge in [0, 0.05) is 27.3 Å². The zero-order valence-electron chi connectivity index (χ0n) is 26.7. The Bertz CT molecular complexity index is 3070. The van der Waals surface area contributed by atoms with E-state index < -0.39 is 0 Å². The van der Waals surface area contributed by atoms with E-state index in [2.05, 4.69) is 109 Å². The van der Waals surface area contributed by atoms with Crippen LogP contribution < -0.4 is 0 Å². The molecule has 3 aromatic heterocycles. The highest BCUT2D eigenvalue weighted by Gasteiger charge is 2.21. The van der Waals surface area contributed by atoms with Crippen LogP contribution >= 0.6 is 0 Å². The minimum Gasteiger partial charge on any atom is -0.456 e. The fraction of sp³-hybridized carbons (Fsp3) is 0. The highest BCUT2D eigenvalue weighted by atomic mass is 16.3. The summed E-state index contributed by atoms with van der Waals surface area (Å²) in [4.78, 5) is 10.1. The molecule has 0 saturated heterocycles. The van der Waals surface area contributed by atoms with Crippen molar-refractivity contribution < 1.29 is 8.83 Å². The molecule has 0 radical (unpaired) electrons. The van der Waals surface area contributed by atoms with Crippen molar-refractivity contribution in [2.45, 2.75) is 0 Å². The van der Waals surface area contributed by atoms with Gasteiger partial charge < -0.3 is 8.83 Å². The molecule has 0 N–H and O–H groups in total. The van der Waals surface area contributed by atoms with E-state index in [1.165, 1.54) is 37.9 Å². The summed E-state index contributed by atoms with van der Waals surface area (Å²) in [6.45, 7) is 0. The van der Waals surface area contributed by atoms with Gasteiger partial charge in [0.25, 0.3) is 0 Å². The Morgan fingerprint density at radius 2 is 0.980 bits per heavy atom. The summed E-state index contributed by atoms with van der Waals surface area (Å²) in [5, 5.41) is 8.13. The van der Waals surface area contributed by atoms with Gasteiger partial charge in [-0.15, -0.1) is 0 Å². The lowest BCUT2D eigenvalue weighted by Crippen LogP contribution is -1.93. The summed E-state index contributed by atoms with van der Waals surface area (Å²) < 4.78 is 13.1. The van der Waals surface area contributed by atoms with Crippen LogP contribution in [0, 0.1) is 0 Å². The Labute approximate surface area is 286 Å². The molecule has 0 aliphatic carbocycles. The van der Waals surface area contributed by atoms with Crippen molar-refractivity contribution in [1.29, 1.82) is 0 Å². The minimum absolute atomic E-state index is 0.677. The number of aromatic nitrogens is 2. The predicted molar refractivity (Wildman–Crippen MR) is 205 cm³/mol. The average Bonchev–Trinajstić information content (AvgIpc) is 3.76. The van der Waals surface area contributed by atoms with Crippen molar-refractivity contribution in [1.82, 2.24) is 9.97 Å². The van der Waals surface area contributed by atoms with Gasteiger partial charge in [-0.3, -0.25) is 0 Å². The van der Waals surface area contributed by atoms with Gasteiger partial charge in [0.05, 0.1) is 0 Å². The molecule has 8 aromatic carbocycles. The van der Waals surface area contributed by atoms with Crippen molar-refractivity contribution >= 4 is 65.6 Å². The second kappa shape index (κ2) is 10.4. The standard InChI is InChI=1S/C46H26N2O2/c1-4-11-27(12-5-1)32-24-37-33-21-19-30(23-36(33)34-17-10-18-38-41(34)42(37)40(26-32)49-38)31-20-22-35-39(25-31)50-45-43(28-13-6-2-7-14-28)47-46(48-44(35)45)29-15-8-3-9-16-29/h1-26H. The number of rotatable bonds is 4. The number of hydrogen-bond donors (Lipinski definition) is 0. The Morgan fingerprint density at radius 1 is 0.340 bits per heavy atom. The average molecular weight is 639 g/mol. The lowest BCUT2D eigenvalue weighted by molar-refractivity contribution is 0.667. The summed E-state index contributed by atoms with van der Waals surface area (Å²) in [7, 11) is 0. The van der Waals surface area contributed by atoms with Gasteiger partial charge in [-0.1, -0.05) is 121 Å². The van der Waals surface area contributed by atoms with Gasteiger partial charge >= 0.3 is 0 Å². The van der Waals surface area contributed by atoms with Crippen molar-refractivity contribution in [2.24, 2.45) is 0 Å². The molecule has 11 aromatic rings. The van der Waals surface area contributed by atoms with Gasteiger partial charge in [-0.05, 0) is 80.2 Å². The van der Waals surface area contributed by atoms with Gasteiger partial charge in [0.15, 0.2) is 11.4 Å². The van der Waals surface area contributed by atoms with Crippen LogP contribution in [0.25, 0.3) is 110 Å². The number of furan rings is 2. The van der Waals surface area contributed by atoms with Crippen LogP contribution in [-0.4, -0.2) is 9.97 Å². The van der Waals surface area contributed by atoms with Gasteiger partial charge in [-0.25, -0.2) is 9.97 Å². The summed E-state index contributed by atoms with van der Waals surface area (Å²) >= 11 is 0. The SMILES string of the molecule is c1ccc(-c2cc3oc4cccc5c6cc(-c7ccc8c(c7)oc7c(-c9ccccc9)nc(-c9ccccc9)nc78)ccc6c(c2)c3c45)cc1. The zero-order chi connectivity index (χ0) is 32.8. The first-order valence-electron chi connectivity index (χ1n) is 16.8. The van der Waals surface area contributed by atoms with E-state index in [1.54, 1.807) is 0 Å². The molecular weight excluding hydrogens is 613 g/mol. The van der Waals surface area contributed by atoms with Crippen LogP contribution in [0.2, 0.25) is 0 Å². The van der Waals surface area contributed by atoms with E-state index in [0.717, 1.165) is 61.2 Å². The van der Waals surface area contributed by atoms with Crippen molar-refractivity contribution in [3.05, 3.63) is 158 Å². The summed E-state index contributed by atoms with van der Waals surface area (Å²) in [5.41, 5.74) is 11.4. The fourth-order valence-corrected chi connectivity index (χ4v) is 7.69. The molecular formula is C46H26N2O2. The maximum atomic E-state index is 6.64. The molecule has 0 aliphatic heterocycles. The first-order chi connectivity index (χ1) is 24.8. The maximum absolute atomic E-state index is 6.64. The van der Waals surface area contributed by atoms with Gasteiger partial charge in [-0.2, -0.15) is 0 Å². The van der Waals surface area contributed by atoms with E-state index >= 15 is 0 Å². The van der Waals surface area contributed by atoms with Crippen LogP contribution in [0.4, 0.5) is 0 Å². The van der Waals surface area contributed by atoms with Crippen LogP contribution in [-0.2, 0) is 0 Å². The van der Waals surface area contributed by atoms with Crippen LogP contribution in [0.1, 0.15) is 0 Å². The van der Waals surface area contributed by atoms with Crippen molar-refractivity contribution in [3.63, 3.8) is 0 Å². The Morgan fingerprint density at radius 3 is 1.76 bits per heavy atom. The lowest BCUT2D eigenvalue weighted by Gasteiger charge is -2.12. The molecule has 0 unspecified atom stereocenters. The third-order valence-electron chi connectivity index (χ3n) is 10.0. The first-order valence-corrected chi connectivity index (χ1v) is 16.8. The minimum atomic E-state index is 0.677. The summed E-state index contributed by atoms with van der Waals surface area (Å²) in [6.07, 6.45) is 0. The molecule has 0 saturated carbocycles. The third kappa shape index (κ3) is 3.99. The molecule has 0 aliphatic rings. The summed E-state index contributed by atoms with van der Waals surface area (Å²) in [6, 6.07) is 55.0. The Hall–Kier alpha value is -6.78. The molecule has 0 bridgehead atoms. The van der Waals surface area contributed by atoms with E-state index in [4.69, 9.17) is 18.8 Å². The number of benzene rings is 8. The van der Waals surface area contributed by atoms with E-state index in [1.807, 2.05) is 48.5 Å². The van der Waals surface area contributed by atoms with Crippen LogP contribution in [0.15, 0.2) is 167 Å². The second-order valence-electron chi connectivity index (χ2n) is 12.9. The van der Waals surface area contributed by atoms with Crippen molar-refractivity contribution in [3.8, 4) is 44.9 Å². The smallest absolute Gasteiger partial charge is 0.180 e. The first kappa shape index (κ1) is 27.2.